The molecule has 5 heterocycles. The van der Waals surface area contributed by atoms with E-state index in [-0.39, 0.29) is 52.5 Å². The lowest BCUT2D eigenvalue weighted by atomic mass is 9.89. The Hall–Kier alpha value is -3.70. The third-order valence-electron chi connectivity index (χ3n) is 10.6. The van der Waals surface area contributed by atoms with E-state index in [1.165, 1.54) is 12.1 Å². The summed E-state index contributed by atoms with van der Waals surface area (Å²) >= 11 is 0. The lowest BCUT2D eigenvalue weighted by Crippen LogP contribution is -2.51. The number of fused-ring (bicyclic) bond motifs is 5. The number of phenolic OH excluding ortho intramolecular Hbond substituents is 1. The second-order valence-corrected chi connectivity index (χ2v) is 13.5. The number of phenols is 1. The van der Waals surface area contributed by atoms with Crippen molar-refractivity contribution >= 4 is 27.5 Å². The summed E-state index contributed by atoms with van der Waals surface area (Å²) in [6, 6.07) is 10.1. The van der Waals surface area contributed by atoms with Gasteiger partial charge in [-0.05, 0) is 78.7 Å². The summed E-state index contributed by atoms with van der Waals surface area (Å²) in [7, 11) is 0. The number of nitrogens with zero attached hydrogens (tertiary/aromatic N) is 4. The molecule has 4 aliphatic heterocycles. The van der Waals surface area contributed by atoms with Crippen LogP contribution in [0.2, 0.25) is 0 Å². The van der Waals surface area contributed by atoms with E-state index in [9.17, 15) is 18.3 Å². The van der Waals surface area contributed by atoms with E-state index in [1.807, 2.05) is 24.0 Å². The zero-order valence-corrected chi connectivity index (χ0v) is 25.7. The standard InChI is InChI=1S/C35H37F4N5O2/c1-2-19-5-3-6-20-11-24(45)12-25(28(19)20)29-26(32(38)39)13-27-31(30(29)37)41-34(42-33(27)43-16-22-7-8-23(17-43)40-22)46-18-35-9-4-10-44(35)15-21(36)14-35/h3,5-6,11-13,21-23,32,40,45H,2,4,7-10,14-18H2,1H3. The van der Waals surface area contributed by atoms with Gasteiger partial charge in [0.1, 0.15) is 29.9 Å². The molecular formula is C35H37F4N5O2. The van der Waals surface area contributed by atoms with E-state index in [4.69, 9.17) is 9.72 Å². The van der Waals surface area contributed by atoms with Crippen molar-refractivity contribution in [2.24, 2.45) is 0 Å². The summed E-state index contributed by atoms with van der Waals surface area (Å²) in [5.41, 5.74) is -0.334. The molecule has 1 aromatic heterocycles. The molecule has 4 fully saturated rings. The van der Waals surface area contributed by atoms with E-state index < -0.39 is 29.5 Å². The summed E-state index contributed by atoms with van der Waals surface area (Å²) in [5, 5.41) is 15.6. The number of piperazine rings is 1. The Morgan fingerprint density at radius 2 is 1.91 bits per heavy atom. The first-order chi connectivity index (χ1) is 22.2. The fraction of sp³-hybridized carbons (Fsp3) is 0.486. The number of hydrogen-bond donors (Lipinski definition) is 2. The SMILES string of the molecule is CCc1cccc2cc(O)cc(-c3c(C(F)F)cc4c(N5CC6CCC(C5)N6)nc(OCC56CCCN5CC(F)C6)nc4c3F)c12. The maximum Gasteiger partial charge on any atom is 0.319 e. The Kier molecular flexibility index (Phi) is 7.24. The van der Waals surface area contributed by atoms with Crippen LogP contribution in [0, 0.1) is 5.82 Å². The quantitative estimate of drug-likeness (QED) is 0.219. The van der Waals surface area contributed by atoms with Crippen LogP contribution in [-0.4, -0.2) is 76.6 Å². The largest absolute Gasteiger partial charge is 0.508 e. The summed E-state index contributed by atoms with van der Waals surface area (Å²) in [6.07, 6.45) is 0.698. The fourth-order valence-corrected chi connectivity index (χ4v) is 8.56. The van der Waals surface area contributed by atoms with Gasteiger partial charge in [0.2, 0.25) is 0 Å². The predicted molar refractivity (Wildman–Crippen MR) is 169 cm³/mol. The van der Waals surface area contributed by atoms with Gasteiger partial charge in [-0.15, -0.1) is 0 Å². The summed E-state index contributed by atoms with van der Waals surface area (Å²) in [6.45, 7) is 4.44. The highest BCUT2D eigenvalue weighted by molar-refractivity contribution is 6.04. The number of halogens is 4. The molecule has 4 aromatic rings. The van der Waals surface area contributed by atoms with E-state index in [1.54, 1.807) is 12.1 Å². The number of hydrogen-bond acceptors (Lipinski definition) is 7. The van der Waals surface area contributed by atoms with Crippen LogP contribution in [0.1, 0.15) is 56.6 Å². The number of aryl methyl sites for hydroxylation is 1. The predicted octanol–water partition coefficient (Wildman–Crippen LogP) is 6.69. The van der Waals surface area contributed by atoms with Gasteiger partial charge in [-0.2, -0.15) is 9.97 Å². The molecule has 11 heteroatoms. The van der Waals surface area contributed by atoms with Crippen LogP contribution < -0.4 is 15.0 Å². The van der Waals surface area contributed by atoms with Gasteiger partial charge in [0.05, 0.1) is 5.54 Å². The number of anilines is 1. The van der Waals surface area contributed by atoms with Crippen LogP contribution in [0.15, 0.2) is 36.4 Å². The van der Waals surface area contributed by atoms with E-state index in [2.05, 4.69) is 15.2 Å². The van der Waals surface area contributed by atoms with Crippen molar-refractivity contribution in [3.8, 4) is 22.9 Å². The Morgan fingerprint density at radius 1 is 1.11 bits per heavy atom. The summed E-state index contributed by atoms with van der Waals surface area (Å²) < 4.78 is 67.8. The second kappa shape index (κ2) is 11.2. The molecule has 46 heavy (non-hydrogen) atoms. The average Bonchev–Trinajstić information content (AvgIpc) is 3.68. The first-order valence-corrected chi connectivity index (χ1v) is 16.3. The van der Waals surface area contributed by atoms with E-state index >= 15 is 4.39 Å². The first kappa shape index (κ1) is 29.7. The van der Waals surface area contributed by atoms with Crippen LogP contribution in [-0.2, 0) is 6.42 Å². The molecule has 4 aliphatic rings. The fourth-order valence-electron chi connectivity index (χ4n) is 8.56. The second-order valence-electron chi connectivity index (χ2n) is 13.5. The molecule has 4 unspecified atom stereocenters. The molecular weight excluding hydrogens is 598 g/mol. The molecule has 4 saturated heterocycles. The van der Waals surface area contributed by atoms with E-state index in [0.29, 0.717) is 49.1 Å². The van der Waals surface area contributed by atoms with Crippen LogP contribution in [0.3, 0.4) is 0 Å². The monoisotopic (exact) mass is 635 g/mol. The highest BCUT2D eigenvalue weighted by Crippen LogP contribution is 2.45. The van der Waals surface area contributed by atoms with Crippen LogP contribution >= 0.6 is 0 Å². The number of ether oxygens (including phenoxy) is 1. The molecule has 0 saturated carbocycles. The zero-order valence-electron chi connectivity index (χ0n) is 25.7. The Bertz CT molecular complexity index is 1830. The molecule has 0 amide bonds. The number of rotatable bonds is 7. The van der Waals surface area contributed by atoms with Gasteiger partial charge < -0.3 is 20.1 Å². The van der Waals surface area contributed by atoms with Gasteiger partial charge >= 0.3 is 6.01 Å². The van der Waals surface area contributed by atoms with Crippen molar-refractivity contribution in [3.05, 3.63) is 53.3 Å². The minimum absolute atomic E-state index is 0.0541. The number of aromatic nitrogens is 2. The number of aromatic hydroxyl groups is 1. The summed E-state index contributed by atoms with van der Waals surface area (Å²) in [4.78, 5) is 13.4. The maximum atomic E-state index is 17.1. The van der Waals surface area contributed by atoms with Gasteiger partial charge in [-0.3, -0.25) is 4.90 Å². The molecule has 2 N–H and O–H groups in total. The van der Waals surface area contributed by atoms with Gasteiger partial charge in [-0.25, -0.2) is 17.6 Å². The first-order valence-electron chi connectivity index (χ1n) is 16.3. The lowest BCUT2D eigenvalue weighted by molar-refractivity contribution is 0.107. The van der Waals surface area contributed by atoms with Crippen LogP contribution in [0.25, 0.3) is 32.8 Å². The summed E-state index contributed by atoms with van der Waals surface area (Å²) in [5.74, 6) is -0.707. The molecule has 7 nitrogen and oxygen atoms in total. The van der Waals surface area contributed by atoms with Crippen molar-refractivity contribution < 1.29 is 27.4 Å². The normalized spacial score (nSPS) is 26.1. The molecule has 2 bridgehead atoms. The Balaban J connectivity index is 1.33. The van der Waals surface area contributed by atoms with Crippen molar-refractivity contribution in [1.82, 2.24) is 20.2 Å². The maximum absolute atomic E-state index is 17.1. The van der Waals surface area contributed by atoms with E-state index in [0.717, 1.165) is 37.8 Å². The molecule has 8 rings (SSSR count). The van der Waals surface area contributed by atoms with Gasteiger partial charge in [-0.1, -0.05) is 25.1 Å². The highest BCUT2D eigenvalue weighted by atomic mass is 19.3. The Labute approximate surface area is 264 Å². The van der Waals surface area contributed by atoms with Crippen molar-refractivity contribution in [2.75, 3.05) is 37.7 Å². The molecule has 242 valence electrons. The third kappa shape index (κ3) is 4.85. The number of alkyl halides is 3. The average molecular weight is 636 g/mol. The number of benzene rings is 3. The minimum Gasteiger partial charge on any atom is -0.508 e. The lowest BCUT2D eigenvalue weighted by Gasteiger charge is -2.35. The molecule has 0 spiro atoms. The molecule has 0 aliphatic carbocycles. The minimum atomic E-state index is -3.01. The van der Waals surface area contributed by atoms with Gasteiger partial charge in [0, 0.05) is 54.7 Å². The zero-order chi connectivity index (χ0) is 31.7. The third-order valence-corrected chi connectivity index (χ3v) is 10.6. The number of nitrogens with one attached hydrogen (secondary N) is 1. The Morgan fingerprint density at radius 3 is 2.67 bits per heavy atom. The van der Waals surface area contributed by atoms with Crippen LogP contribution in [0.5, 0.6) is 11.8 Å². The van der Waals surface area contributed by atoms with Crippen molar-refractivity contribution in [1.29, 1.82) is 0 Å². The van der Waals surface area contributed by atoms with Crippen LogP contribution in [0.4, 0.5) is 23.4 Å². The van der Waals surface area contributed by atoms with Crippen molar-refractivity contribution in [2.45, 2.75) is 75.7 Å². The van der Waals surface area contributed by atoms with Gasteiger partial charge in [0.15, 0.2) is 5.82 Å². The molecule has 4 atom stereocenters. The smallest absolute Gasteiger partial charge is 0.319 e. The van der Waals surface area contributed by atoms with Crippen molar-refractivity contribution in [3.63, 3.8) is 0 Å². The molecule has 3 aromatic carbocycles. The molecule has 0 radical (unpaired) electrons. The van der Waals surface area contributed by atoms with Gasteiger partial charge in [0.25, 0.3) is 6.43 Å². The topological polar surface area (TPSA) is 73.8 Å². The highest BCUT2D eigenvalue weighted by Gasteiger charge is 2.49.